The second kappa shape index (κ2) is 11.2. The molecule has 6 nitrogen and oxygen atoms in total. The summed E-state index contributed by atoms with van der Waals surface area (Å²) >= 11 is 25.7. The third-order valence-corrected chi connectivity index (χ3v) is 8.99. The van der Waals surface area contributed by atoms with E-state index < -0.39 is 11.6 Å². The van der Waals surface area contributed by atoms with E-state index in [-0.39, 0.29) is 5.54 Å². The Balaban J connectivity index is 1.69. The van der Waals surface area contributed by atoms with Crippen molar-refractivity contribution in [1.82, 2.24) is 14.6 Å². The number of rotatable bonds is 4. The van der Waals surface area contributed by atoms with Gasteiger partial charge in [0.2, 0.25) is 0 Å². The number of anilines is 2. The van der Waals surface area contributed by atoms with Crippen molar-refractivity contribution in [3.63, 3.8) is 0 Å². The van der Waals surface area contributed by atoms with Gasteiger partial charge in [-0.05, 0) is 101 Å². The average Bonchev–Trinajstić information content (AvgIpc) is 2.91. The summed E-state index contributed by atoms with van der Waals surface area (Å²) in [7, 11) is 0. The number of fused-ring (bicyclic) bond motifs is 2. The van der Waals surface area contributed by atoms with E-state index in [2.05, 4.69) is 23.7 Å². The maximum absolute atomic E-state index is 11.0. The fraction of sp³-hybridized carbons (Fsp3) is 0.273. The molecule has 0 aromatic heterocycles. The van der Waals surface area contributed by atoms with Crippen LogP contribution < -0.4 is 10.7 Å². The van der Waals surface area contributed by atoms with Crippen molar-refractivity contribution in [3.05, 3.63) is 98.2 Å². The molecule has 0 radical (unpaired) electrons. The number of piperidine rings is 1. The number of aromatic nitrogens is 2. The minimum atomic E-state index is -0.620. The second-order valence-electron chi connectivity index (χ2n) is 12.1. The highest BCUT2D eigenvalue weighted by Crippen LogP contribution is 2.39. The molecule has 0 amide bonds. The van der Waals surface area contributed by atoms with Crippen LogP contribution in [0.4, 0.5) is 11.4 Å². The smallest absolute Gasteiger partial charge is 0.109 e. The van der Waals surface area contributed by atoms with Crippen molar-refractivity contribution in [2.45, 2.75) is 57.7 Å². The lowest BCUT2D eigenvalue weighted by Crippen LogP contribution is -2.62. The van der Waals surface area contributed by atoms with E-state index in [1.807, 2.05) is 79.5 Å². The topological polar surface area (TPSA) is 65.7 Å². The highest BCUT2D eigenvalue weighted by atomic mass is 35.5. The predicted octanol–water partition coefficient (Wildman–Crippen LogP) is 9.32. The first-order chi connectivity index (χ1) is 20.3. The molecule has 222 valence electrons. The Morgan fingerprint density at radius 1 is 0.860 bits per heavy atom. The lowest BCUT2D eigenvalue weighted by molar-refractivity contribution is -0.106. The number of halogens is 4. The van der Waals surface area contributed by atoms with Gasteiger partial charge in [-0.1, -0.05) is 58.5 Å². The van der Waals surface area contributed by atoms with Crippen molar-refractivity contribution in [1.29, 1.82) is 0 Å². The molecule has 2 heterocycles. The van der Waals surface area contributed by atoms with Crippen molar-refractivity contribution in [2.75, 3.05) is 5.32 Å². The lowest BCUT2D eigenvalue weighted by atomic mass is 9.79. The van der Waals surface area contributed by atoms with Crippen LogP contribution in [0, 0.1) is 0 Å². The molecule has 0 saturated carbocycles. The minimum Gasteiger partial charge on any atom is -0.391 e. The summed E-state index contributed by atoms with van der Waals surface area (Å²) in [4.78, 5) is 5.03. The van der Waals surface area contributed by atoms with Crippen molar-refractivity contribution < 1.29 is 5.11 Å². The summed E-state index contributed by atoms with van der Waals surface area (Å²) in [5.74, 6) is 0. The fourth-order valence-electron chi connectivity index (χ4n) is 5.99. The first-order valence-electron chi connectivity index (χ1n) is 14.0. The largest absolute Gasteiger partial charge is 0.391 e. The quantitative estimate of drug-likeness (QED) is 0.190. The molecular formula is C33H31Cl4N5O. The molecule has 43 heavy (non-hydrogen) atoms. The van der Waals surface area contributed by atoms with Gasteiger partial charge in [0.1, 0.15) is 5.36 Å². The Labute approximate surface area is 270 Å². The summed E-state index contributed by atoms with van der Waals surface area (Å²) in [5.41, 5.74) is 4.49. The fourth-order valence-corrected chi connectivity index (χ4v) is 7.04. The highest BCUT2D eigenvalue weighted by Gasteiger charge is 2.46. The summed E-state index contributed by atoms with van der Waals surface area (Å²) in [6, 6.07) is 22.7. The Kier molecular flexibility index (Phi) is 7.81. The number of nitrogens with zero attached hydrogens (tertiary/aromatic N) is 4. The van der Waals surface area contributed by atoms with Gasteiger partial charge in [0.05, 0.1) is 45.3 Å². The van der Waals surface area contributed by atoms with E-state index in [0.29, 0.717) is 43.2 Å². The van der Waals surface area contributed by atoms with Crippen LogP contribution in [0.2, 0.25) is 20.1 Å². The van der Waals surface area contributed by atoms with Gasteiger partial charge in [-0.2, -0.15) is 5.10 Å². The summed E-state index contributed by atoms with van der Waals surface area (Å²) in [6.07, 6.45) is 0.938. The molecule has 1 atom stereocenters. The van der Waals surface area contributed by atoms with Gasteiger partial charge >= 0.3 is 0 Å². The molecule has 6 rings (SSSR count). The van der Waals surface area contributed by atoms with E-state index >= 15 is 0 Å². The van der Waals surface area contributed by atoms with E-state index in [1.54, 1.807) is 12.1 Å². The Hall–Kier alpha value is -3.00. The zero-order chi connectivity index (χ0) is 30.7. The molecule has 10 heteroatoms. The van der Waals surface area contributed by atoms with E-state index in [1.165, 1.54) is 0 Å². The number of hydrogen-bond donors (Lipinski definition) is 2. The maximum atomic E-state index is 11.0. The van der Waals surface area contributed by atoms with Crippen molar-refractivity contribution in [3.8, 4) is 17.1 Å². The lowest BCUT2D eigenvalue weighted by Gasteiger charge is -2.53. The number of benzene rings is 4. The Morgan fingerprint density at radius 2 is 1.49 bits per heavy atom. The normalized spacial score (nSPS) is 18.4. The molecule has 3 aromatic rings. The van der Waals surface area contributed by atoms with E-state index in [0.717, 1.165) is 34.5 Å². The minimum absolute atomic E-state index is 0.313. The summed E-state index contributed by atoms with van der Waals surface area (Å²) in [5, 5.41) is 24.5. The molecule has 2 N–H and O–H groups in total. The third kappa shape index (κ3) is 5.79. The van der Waals surface area contributed by atoms with E-state index in [4.69, 9.17) is 56.5 Å². The number of hydrogen-bond acceptors (Lipinski definition) is 5. The van der Waals surface area contributed by atoms with E-state index in [9.17, 15) is 5.11 Å². The Morgan fingerprint density at radius 3 is 2.16 bits per heavy atom. The first-order valence-corrected chi connectivity index (χ1v) is 15.5. The van der Waals surface area contributed by atoms with Gasteiger partial charge in [-0.15, -0.1) is 0 Å². The van der Waals surface area contributed by atoms with Crippen LogP contribution in [0.5, 0.6) is 0 Å². The maximum Gasteiger partial charge on any atom is 0.109 e. The van der Waals surface area contributed by atoms with Crippen molar-refractivity contribution >= 4 is 68.8 Å². The SMILES string of the molecule is CC1(C)CCC(O)C(C)(C)N1N=c1cc2n(-c3cc(Cl)cc(Cl)c3)c3ccccc3nc-2cc1Nc1cc(Cl)cc(Cl)c1. The zero-order valence-electron chi connectivity index (χ0n) is 24.2. The van der Waals surface area contributed by atoms with Crippen LogP contribution in [-0.2, 0) is 0 Å². The summed E-state index contributed by atoms with van der Waals surface area (Å²) < 4.78 is 2.09. The second-order valence-corrected chi connectivity index (χ2v) is 13.9. The molecule has 1 unspecified atom stereocenters. The van der Waals surface area contributed by atoms with Gasteiger partial charge in [0, 0.05) is 31.5 Å². The van der Waals surface area contributed by atoms with Crippen LogP contribution in [0.1, 0.15) is 40.5 Å². The molecule has 3 aromatic carbocycles. The molecule has 1 saturated heterocycles. The van der Waals surface area contributed by atoms with Gasteiger partial charge < -0.3 is 15.0 Å². The van der Waals surface area contributed by atoms with Gasteiger partial charge in [-0.3, -0.25) is 5.01 Å². The van der Waals surface area contributed by atoms with Gasteiger partial charge in [-0.25, -0.2) is 4.98 Å². The molecule has 2 aliphatic heterocycles. The third-order valence-electron chi connectivity index (χ3n) is 8.12. The van der Waals surface area contributed by atoms with Crippen molar-refractivity contribution in [2.24, 2.45) is 5.10 Å². The number of nitrogens with one attached hydrogen (secondary N) is 1. The number of para-hydroxylation sites is 2. The van der Waals surface area contributed by atoms with Crippen LogP contribution in [0.3, 0.4) is 0 Å². The highest BCUT2D eigenvalue weighted by molar-refractivity contribution is 6.35. The van der Waals surface area contributed by atoms with Gasteiger partial charge in [0.25, 0.3) is 0 Å². The average molecular weight is 655 g/mol. The molecule has 1 aliphatic carbocycles. The van der Waals surface area contributed by atoms with Crippen LogP contribution in [0.15, 0.2) is 77.9 Å². The summed E-state index contributed by atoms with van der Waals surface area (Å²) in [6.45, 7) is 8.35. The van der Waals surface area contributed by atoms with Crippen LogP contribution >= 0.6 is 46.4 Å². The molecular weight excluding hydrogens is 624 g/mol. The van der Waals surface area contributed by atoms with Crippen LogP contribution in [-0.4, -0.2) is 36.8 Å². The first kappa shape index (κ1) is 30.0. The molecule has 3 aliphatic rings. The van der Waals surface area contributed by atoms with Gasteiger partial charge in [0.15, 0.2) is 0 Å². The monoisotopic (exact) mass is 653 g/mol. The standard InChI is InChI=1S/C33H31Cl4N5O/c1-32(2)10-9-31(43)33(3,4)42(32)40-27-18-30-28(17-26(27)38-23-13-19(34)11-20(35)14-23)39-25-7-5-6-8-29(25)41(30)24-15-21(36)12-22(37)16-24/h5-8,11-18,31,38,43H,9-10H2,1-4H3. The zero-order valence-corrected chi connectivity index (χ0v) is 27.2. The Bertz CT molecular complexity index is 1860. The number of aliphatic hydroxyl groups is 1. The molecule has 1 fully saturated rings. The molecule has 0 bridgehead atoms. The van der Waals surface area contributed by atoms with Crippen LogP contribution in [0.25, 0.3) is 28.1 Å². The number of aliphatic hydroxyl groups excluding tert-OH is 1. The molecule has 0 spiro atoms. The predicted molar refractivity (Wildman–Crippen MR) is 178 cm³/mol.